The number of hydrogen-bond acceptors (Lipinski definition) is 1. The molecule has 1 aliphatic carbocycles. The van der Waals surface area contributed by atoms with Gasteiger partial charge in [0.25, 0.3) is 0 Å². The maximum atomic E-state index is 2.59. The molecule has 63 heavy (non-hydrogen) atoms. The van der Waals surface area contributed by atoms with Crippen LogP contribution in [0.25, 0.3) is 83.2 Å². The average molecular weight is 815 g/mol. The predicted molar refractivity (Wildman–Crippen MR) is 269 cm³/mol. The van der Waals surface area contributed by atoms with Gasteiger partial charge in [-0.2, -0.15) is 0 Å². The molecule has 8 aromatic carbocycles. The van der Waals surface area contributed by atoms with Gasteiger partial charge in [0.1, 0.15) is 0 Å². The monoisotopic (exact) mass is 814 g/mol. The Morgan fingerprint density at radius 1 is 0.397 bits per heavy atom. The van der Waals surface area contributed by atoms with E-state index in [1.54, 1.807) is 0 Å². The van der Waals surface area contributed by atoms with Crippen LogP contribution in [-0.4, -0.2) is 19.7 Å². The van der Waals surface area contributed by atoms with Crippen LogP contribution in [0.5, 0.6) is 0 Å². The number of nitrogens with zero attached hydrogens (tertiary/aromatic N) is 4. The largest absolute Gasteiger partial charge is 0.333 e. The van der Waals surface area contributed by atoms with Crippen LogP contribution in [0.1, 0.15) is 40.2 Å². The number of rotatable bonds is 4. The first-order valence-corrected chi connectivity index (χ1v) is 22.7. The van der Waals surface area contributed by atoms with Crippen molar-refractivity contribution in [1.82, 2.24) is 13.7 Å². The minimum absolute atomic E-state index is 0.149. The van der Waals surface area contributed by atoms with E-state index in [4.69, 9.17) is 0 Å². The molecule has 13 rings (SSSR count). The normalized spacial score (nSPS) is 15.1. The molecule has 4 nitrogen and oxygen atoms in total. The molecule has 306 valence electrons. The molecule has 11 aromatic rings. The summed E-state index contributed by atoms with van der Waals surface area (Å²) in [5.74, 6) is 0.265. The van der Waals surface area contributed by atoms with Crippen LogP contribution >= 0.6 is 0 Å². The summed E-state index contributed by atoms with van der Waals surface area (Å²) in [7, 11) is 0. The van der Waals surface area contributed by atoms with Crippen molar-refractivity contribution in [3.8, 4) is 17.1 Å². The van der Waals surface area contributed by atoms with Crippen LogP contribution in [0.15, 0.2) is 194 Å². The van der Waals surface area contributed by atoms with Gasteiger partial charge < -0.3 is 18.6 Å². The Labute approximate surface area is 368 Å². The first-order chi connectivity index (χ1) is 31.2. The van der Waals surface area contributed by atoms with Crippen molar-refractivity contribution in [2.24, 2.45) is 5.92 Å². The van der Waals surface area contributed by atoms with Gasteiger partial charge in [0.15, 0.2) is 0 Å². The Morgan fingerprint density at radius 2 is 0.921 bits per heavy atom. The lowest BCUT2D eigenvalue weighted by molar-refractivity contribution is 0.660. The molecule has 0 radical (unpaired) electrons. The second kappa shape index (κ2) is 15.4. The molecule has 0 fully saturated rings. The lowest BCUT2D eigenvalue weighted by Crippen LogP contribution is -2.44. The first-order valence-electron chi connectivity index (χ1n) is 22.7. The Balaban J connectivity index is 0.00000108. The van der Waals surface area contributed by atoms with Crippen LogP contribution in [0, 0.1) is 5.92 Å². The smallest absolute Gasteiger partial charge is 0.0679 e. The highest BCUT2D eigenvalue weighted by Crippen LogP contribution is 2.48. The topological polar surface area (TPSA) is 18.0 Å². The molecule has 0 spiro atoms. The molecular formula is C59H50N4. The first kappa shape index (κ1) is 38.4. The van der Waals surface area contributed by atoms with Crippen LogP contribution in [0.2, 0.25) is 0 Å². The molecule has 2 aliphatic rings. The van der Waals surface area contributed by atoms with Crippen LogP contribution < -0.4 is 15.5 Å². The number of anilines is 2. The lowest BCUT2D eigenvalue weighted by atomic mass is 9.87. The van der Waals surface area contributed by atoms with Crippen molar-refractivity contribution in [3.05, 3.63) is 210 Å². The van der Waals surface area contributed by atoms with Crippen molar-refractivity contribution < 1.29 is 0 Å². The average Bonchev–Trinajstić information content (AvgIpc) is 4.09. The van der Waals surface area contributed by atoms with Crippen molar-refractivity contribution in [3.63, 3.8) is 0 Å². The maximum absolute atomic E-state index is 2.59. The molecule has 4 heterocycles. The van der Waals surface area contributed by atoms with E-state index in [2.05, 4.69) is 226 Å². The van der Waals surface area contributed by atoms with Crippen molar-refractivity contribution >= 4 is 77.5 Å². The fourth-order valence-electron chi connectivity index (χ4n) is 10.7. The number of aromatic nitrogens is 3. The molecule has 0 saturated carbocycles. The summed E-state index contributed by atoms with van der Waals surface area (Å²) in [5.41, 5.74) is 14.7. The molecule has 0 bridgehead atoms. The fraction of sp³-hybridized carbons (Fsp3) is 0.119. The zero-order valence-corrected chi connectivity index (χ0v) is 36.5. The van der Waals surface area contributed by atoms with E-state index in [9.17, 15) is 0 Å². The molecule has 4 heteroatoms. The highest BCUT2D eigenvalue weighted by Gasteiger charge is 2.41. The Morgan fingerprint density at radius 3 is 1.62 bits per heavy atom. The zero-order chi connectivity index (χ0) is 42.8. The van der Waals surface area contributed by atoms with E-state index in [-0.39, 0.29) is 12.0 Å². The number of para-hydroxylation sites is 6. The molecule has 1 aliphatic heterocycles. The van der Waals surface area contributed by atoms with E-state index < -0.39 is 0 Å². The van der Waals surface area contributed by atoms with Gasteiger partial charge in [0.2, 0.25) is 0 Å². The highest BCUT2D eigenvalue weighted by atomic mass is 15.2. The summed E-state index contributed by atoms with van der Waals surface area (Å²) in [4.78, 5) is 2.58. The van der Waals surface area contributed by atoms with Crippen molar-refractivity contribution in [2.45, 2.75) is 40.7 Å². The lowest BCUT2D eigenvalue weighted by Gasteiger charge is -2.32. The van der Waals surface area contributed by atoms with E-state index in [1.165, 1.54) is 99.0 Å². The van der Waals surface area contributed by atoms with Gasteiger partial charge in [0, 0.05) is 77.6 Å². The minimum atomic E-state index is 0.149. The van der Waals surface area contributed by atoms with E-state index in [0.29, 0.717) is 0 Å². The van der Waals surface area contributed by atoms with Gasteiger partial charge in [0.05, 0.1) is 39.0 Å². The van der Waals surface area contributed by atoms with E-state index in [1.807, 2.05) is 27.7 Å². The minimum Gasteiger partial charge on any atom is -0.333 e. The number of benzene rings is 8. The van der Waals surface area contributed by atoms with Gasteiger partial charge in [-0.1, -0.05) is 156 Å². The number of hydrogen-bond donors (Lipinski definition) is 0. The molecule has 0 N–H and O–H groups in total. The van der Waals surface area contributed by atoms with E-state index >= 15 is 0 Å². The third kappa shape index (κ3) is 5.60. The summed E-state index contributed by atoms with van der Waals surface area (Å²) >= 11 is 0. The molecule has 0 saturated heterocycles. The summed E-state index contributed by atoms with van der Waals surface area (Å²) < 4.78 is 7.48. The standard InChI is InChI=1S/C55H38N4.2C2H6/c1-35-33-45-41-30-32-50-51(54(41)59(38-21-9-4-10-22-38)55(45)52-43-25-13-16-28-48(43)58(53(35)52)37-19-7-3-8-20-37)42-24-12-15-27-47(42)57(50)39-29-31-49-44(34-39)40-23-11-14-26-46(40)56(49)36-17-5-2-6-18-36;2*1-2/h2-35,53H,1H3;2*1-2H3. The Bertz CT molecular complexity index is 3630. The second-order valence-corrected chi connectivity index (χ2v) is 16.1. The van der Waals surface area contributed by atoms with E-state index in [0.717, 1.165) is 5.69 Å². The SMILES string of the molecule is CC.CC.CC1C=c2c(n(-c3ccccc3)c3c2ccc2c3c3ccccc3n2-c2ccc3c(c2)c2ccccc2n3-c2ccccc2)=C2c3ccccc3N(c3ccccc3)C21. The van der Waals surface area contributed by atoms with Gasteiger partial charge in [-0.05, 0) is 78.9 Å². The summed E-state index contributed by atoms with van der Waals surface area (Å²) in [6.45, 7) is 10.4. The fourth-order valence-corrected chi connectivity index (χ4v) is 10.7. The third-order valence-corrected chi connectivity index (χ3v) is 13.0. The van der Waals surface area contributed by atoms with Crippen LogP contribution in [0.4, 0.5) is 11.4 Å². The van der Waals surface area contributed by atoms with Gasteiger partial charge in [-0.25, -0.2) is 0 Å². The van der Waals surface area contributed by atoms with Gasteiger partial charge >= 0.3 is 0 Å². The summed E-state index contributed by atoms with van der Waals surface area (Å²) in [6.07, 6.45) is 2.55. The Hall–Kier alpha value is -7.56. The van der Waals surface area contributed by atoms with Crippen LogP contribution in [0.3, 0.4) is 0 Å². The Kier molecular flexibility index (Phi) is 9.39. The summed E-state index contributed by atoms with van der Waals surface area (Å²) in [6, 6.07) is 71.4. The van der Waals surface area contributed by atoms with Gasteiger partial charge in [-0.3, -0.25) is 0 Å². The van der Waals surface area contributed by atoms with Crippen molar-refractivity contribution in [1.29, 1.82) is 0 Å². The summed E-state index contributed by atoms with van der Waals surface area (Å²) in [5, 5.41) is 8.91. The predicted octanol–water partition coefficient (Wildman–Crippen LogP) is 14.0. The molecule has 2 atom stereocenters. The molecular weight excluding hydrogens is 765 g/mol. The van der Waals surface area contributed by atoms with Gasteiger partial charge in [-0.15, -0.1) is 0 Å². The quantitative estimate of drug-likeness (QED) is 0.173. The number of fused-ring (bicyclic) bond motifs is 13. The zero-order valence-electron chi connectivity index (χ0n) is 36.5. The second-order valence-electron chi connectivity index (χ2n) is 16.1. The molecule has 3 aromatic heterocycles. The molecule has 0 amide bonds. The third-order valence-electron chi connectivity index (χ3n) is 13.0. The maximum Gasteiger partial charge on any atom is 0.0679 e. The van der Waals surface area contributed by atoms with Crippen molar-refractivity contribution in [2.75, 3.05) is 4.90 Å². The highest BCUT2D eigenvalue weighted by molar-refractivity contribution is 6.21. The van der Waals surface area contributed by atoms with Crippen LogP contribution in [-0.2, 0) is 0 Å². The molecule has 2 unspecified atom stereocenters.